The van der Waals surface area contributed by atoms with E-state index in [1.807, 2.05) is 9.80 Å². The van der Waals surface area contributed by atoms with Gasteiger partial charge in [0.25, 0.3) is 0 Å². The van der Waals surface area contributed by atoms with E-state index in [4.69, 9.17) is 0 Å². The maximum absolute atomic E-state index is 14.4. The molecule has 0 aliphatic carbocycles. The predicted molar refractivity (Wildman–Crippen MR) is 105 cm³/mol. The van der Waals surface area contributed by atoms with Gasteiger partial charge in [-0.25, -0.2) is 4.39 Å². The highest BCUT2D eigenvalue weighted by Crippen LogP contribution is 2.23. The molecule has 0 radical (unpaired) electrons. The van der Waals surface area contributed by atoms with E-state index >= 15 is 0 Å². The second-order valence-corrected chi connectivity index (χ2v) is 8.23. The van der Waals surface area contributed by atoms with Gasteiger partial charge in [-0.1, -0.05) is 13.8 Å². The number of piperidine rings is 1. The molecule has 0 spiro atoms. The van der Waals surface area contributed by atoms with Crippen LogP contribution in [0.15, 0.2) is 18.2 Å². The number of likely N-dealkylation sites (tertiary alicyclic amines) is 1. The highest BCUT2D eigenvalue weighted by atomic mass is 19.1. The van der Waals surface area contributed by atoms with Gasteiger partial charge in [0.1, 0.15) is 5.82 Å². The van der Waals surface area contributed by atoms with Gasteiger partial charge in [0.2, 0.25) is 5.91 Å². The van der Waals surface area contributed by atoms with E-state index in [0.717, 1.165) is 26.2 Å². The molecule has 2 heterocycles. The molecule has 0 saturated carbocycles. The summed E-state index contributed by atoms with van der Waals surface area (Å²) < 4.78 is 14.4. The number of hydrogen-bond acceptors (Lipinski definition) is 4. The van der Waals surface area contributed by atoms with Crippen molar-refractivity contribution in [2.24, 2.45) is 11.8 Å². The molecular formula is C21H30FN3O2. The first-order valence-corrected chi connectivity index (χ1v) is 9.89. The molecule has 0 aromatic heterocycles. The molecular weight excluding hydrogens is 345 g/mol. The summed E-state index contributed by atoms with van der Waals surface area (Å²) in [5, 5.41) is 0. The zero-order valence-electron chi connectivity index (χ0n) is 16.6. The van der Waals surface area contributed by atoms with Crippen LogP contribution in [-0.4, -0.2) is 67.3 Å². The Morgan fingerprint density at radius 2 is 1.70 bits per heavy atom. The molecule has 2 unspecified atom stereocenters. The minimum atomic E-state index is -0.358. The number of carbonyl (C=O) groups excluding carboxylic acids is 2. The minimum Gasteiger partial charge on any atom is -0.367 e. The lowest BCUT2D eigenvalue weighted by atomic mass is 9.92. The molecule has 1 amide bonds. The molecule has 1 aromatic rings. The van der Waals surface area contributed by atoms with Crippen LogP contribution in [0.3, 0.4) is 0 Å². The van der Waals surface area contributed by atoms with Crippen molar-refractivity contribution < 1.29 is 14.0 Å². The van der Waals surface area contributed by atoms with Crippen molar-refractivity contribution in [2.75, 3.05) is 50.7 Å². The van der Waals surface area contributed by atoms with Gasteiger partial charge in [0.15, 0.2) is 5.78 Å². The van der Waals surface area contributed by atoms with E-state index in [-0.39, 0.29) is 17.5 Å². The fourth-order valence-electron chi connectivity index (χ4n) is 4.29. The number of benzene rings is 1. The largest absolute Gasteiger partial charge is 0.367 e. The summed E-state index contributed by atoms with van der Waals surface area (Å²) in [6.45, 7) is 10.8. The lowest BCUT2D eigenvalue weighted by Crippen LogP contribution is -2.52. The molecule has 2 fully saturated rings. The third-order valence-electron chi connectivity index (χ3n) is 5.65. The number of rotatable bonds is 4. The fraction of sp³-hybridized carbons (Fsp3) is 0.619. The number of anilines is 1. The maximum Gasteiger partial charge on any atom is 0.236 e. The fourth-order valence-corrected chi connectivity index (χ4v) is 4.29. The van der Waals surface area contributed by atoms with Crippen LogP contribution >= 0.6 is 0 Å². The van der Waals surface area contributed by atoms with Crippen LogP contribution in [0.5, 0.6) is 0 Å². The Labute approximate surface area is 161 Å². The molecule has 6 heteroatoms. The predicted octanol–water partition coefficient (Wildman–Crippen LogP) is 2.65. The van der Waals surface area contributed by atoms with E-state index in [2.05, 4.69) is 18.7 Å². The molecule has 5 nitrogen and oxygen atoms in total. The minimum absolute atomic E-state index is 0.134. The Balaban J connectivity index is 1.53. The number of halogens is 1. The highest BCUT2D eigenvalue weighted by molar-refractivity contribution is 5.94. The third-order valence-corrected chi connectivity index (χ3v) is 5.65. The smallest absolute Gasteiger partial charge is 0.236 e. The second kappa shape index (κ2) is 8.38. The van der Waals surface area contributed by atoms with Crippen molar-refractivity contribution in [1.29, 1.82) is 0 Å². The van der Waals surface area contributed by atoms with E-state index in [1.54, 1.807) is 12.1 Å². The summed E-state index contributed by atoms with van der Waals surface area (Å²) in [5.41, 5.74) is 0.926. The first kappa shape index (κ1) is 19.8. The van der Waals surface area contributed by atoms with Gasteiger partial charge in [-0.3, -0.25) is 14.5 Å². The Bertz CT molecular complexity index is 691. The molecule has 1 aromatic carbocycles. The molecule has 3 rings (SSSR count). The van der Waals surface area contributed by atoms with Crippen molar-refractivity contribution >= 4 is 17.4 Å². The summed E-state index contributed by atoms with van der Waals surface area (Å²) in [4.78, 5) is 30.2. The van der Waals surface area contributed by atoms with Crippen molar-refractivity contribution in [3.8, 4) is 0 Å². The van der Waals surface area contributed by atoms with Crippen molar-refractivity contribution in [3.63, 3.8) is 0 Å². The number of amides is 1. The second-order valence-electron chi connectivity index (χ2n) is 8.23. The maximum atomic E-state index is 14.4. The summed E-state index contributed by atoms with van der Waals surface area (Å²) in [5.74, 6) is 0.846. The van der Waals surface area contributed by atoms with Gasteiger partial charge in [0, 0.05) is 44.8 Å². The zero-order valence-corrected chi connectivity index (χ0v) is 16.6. The van der Waals surface area contributed by atoms with E-state index < -0.39 is 0 Å². The average molecular weight is 375 g/mol. The molecule has 0 N–H and O–H groups in total. The zero-order chi connectivity index (χ0) is 19.6. The summed E-state index contributed by atoms with van der Waals surface area (Å²) in [6, 6.07) is 4.67. The summed E-state index contributed by atoms with van der Waals surface area (Å²) in [7, 11) is 0. The number of ketones is 1. The van der Waals surface area contributed by atoms with Crippen LogP contribution in [0.2, 0.25) is 0 Å². The van der Waals surface area contributed by atoms with Gasteiger partial charge in [-0.15, -0.1) is 0 Å². The molecule has 148 valence electrons. The van der Waals surface area contributed by atoms with Crippen molar-refractivity contribution in [3.05, 3.63) is 29.6 Å². The quantitative estimate of drug-likeness (QED) is 0.759. The van der Waals surface area contributed by atoms with Gasteiger partial charge in [-0.05, 0) is 43.4 Å². The Morgan fingerprint density at radius 3 is 2.26 bits per heavy atom. The SMILES string of the molecule is CC(=O)c1ccc(N2CCN(CC(=O)N3CC(C)CC(C)C3)CC2)c(F)c1. The monoisotopic (exact) mass is 375 g/mol. The Kier molecular flexibility index (Phi) is 6.15. The number of hydrogen-bond donors (Lipinski definition) is 0. The molecule has 0 bridgehead atoms. The number of Topliss-reactive ketones (excluding diaryl/α,β-unsaturated/α-hetero) is 1. The summed E-state index contributed by atoms with van der Waals surface area (Å²) >= 11 is 0. The van der Waals surface area contributed by atoms with Gasteiger partial charge < -0.3 is 9.80 Å². The lowest BCUT2D eigenvalue weighted by Gasteiger charge is -2.39. The molecule has 2 atom stereocenters. The highest BCUT2D eigenvalue weighted by Gasteiger charge is 2.28. The first-order valence-electron chi connectivity index (χ1n) is 9.89. The van der Waals surface area contributed by atoms with Gasteiger partial charge >= 0.3 is 0 Å². The van der Waals surface area contributed by atoms with Gasteiger partial charge in [0.05, 0.1) is 12.2 Å². The molecule has 27 heavy (non-hydrogen) atoms. The lowest BCUT2D eigenvalue weighted by molar-refractivity contribution is -0.135. The van der Waals surface area contributed by atoms with Crippen LogP contribution < -0.4 is 4.90 Å². The molecule has 2 saturated heterocycles. The van der Waals surface area contributed by atoms with E-state index in [9.17, 15) is 14.0 Å². The third kappa shape index (κ3) is 4.86. The number of piperazine rings is 1. The standard InChI is InChI=1S/C21H30FN3O2/c1-15-10-16(2)13-25(12-15)21(27)14-23-6-8-24(9-7-23)20-5-4-18(17(3)26)11-19(20)22/h4-5,11,15-16H,6-10,12-14H2,1-3H3. The Morgan fingerprint density at radius 1 is 1.07 bits per heavy atom. The normalized spacial score (nSPS) is 24.1. The number of carbonyl (C=O) groups is 2. The van der Waals surface area contributed by atoms with Crippen molar-refractivity contribution in [1.82, 2.24) is 9.80 Å². The average Bonchev–Trinajstić information content (AvgIpc) is 2.61. The summed E-state index contributed by atoms with van der Waals surface area (Å²) in [6.07, 6.45) is 1.19. The van der Waals surface area contributed by atoms with E-state index in [1.165, 1.54) is 19.4 Å². The van der Waals surface area contributed by atoms with Crippen LogP contribution in [0.25, 0.3) is 0 Å². The van der Waals surface area contributed by atoms with Crippen LogP contribution in [0, 0.1) is 17.7 Å². The number of nitrogens with zero attached hydrogens (tertiary/aromatic N) is 3. The molecule has 2 aliphatic heterocycles. The van der Waals surface area contributed by atoms with Crippen molar-refractivity contribution in [2.45, 2.75) is 27.2 Å². The van der Waals surface area contributed by atoms with Crippen LogP contribution in [0.4, 0.5) is 10.1 Å². The Hall–Kier alpha value is -1.95. The van der Waals surface area contributed by atoms with E-state index in [0.29, 0.717) is 42.7 Å². The topological polar surface area (TPSA) is 43.9 Å². The van der Waals surface area contributed by atoms with Crippen LogP contribution in [0.1, 0.15) is 37.6 Å². The molecule has 2 aliphatic rings. The van der Waals surface area contributed by atoms with Crippen LogP contribution in [-0.2, 0) is 4.79 Å². The first-order chi connectivity index (χ1) is 12.8. The van der Waals surface area contributed by atoms with Gasteiger partial charge in [-0.2, -0.15) is 0 Å².